The van der Waals surface area contributed by atoms with Gasteiger partial charge in [-0.15, -0.1) is 9.60 Å². The van der Waals surface area contributed by atoms with Crippen LogP contribution in [0.15, 0.2) is 0 Å². The van der Waals surface area contributed by atoms with Crippen LogP contribution in [-0.2, 0) is 4.74 Å². The Bertz CT molecular complexity index is 220. The van der Waals surface area contributed by atoms with Crippen molar-refractivity contribution in [3.63, 3.8) is 0 Å². The highest BCUT2D eigenvalue weighted by Crippen LogP contribution is 2.12. The van der Waals surface area contributed by atoms with E-state index in [0.717, 1.165) is 5.12 Å². The summed E-state index contributed by atoms with van der Waals surface area (Å²) in [7, 11) is 0. The molecular weight excluding hydrogens is 199 g/mol. The second-order valence-corrected chi connectivity index (χ2v) is 4.83. The minimum Gasteiger partial charge on any atom is -0.444 e. The molecule has 1 saturated heterocycles. The fourth-order valence-electron chi connectivity index (χ4n) is 1.47. The average molecular weight is 218 g/mol. The molecule has 0 spiro atoms. The number of carbonyl (C=O) groups is 1. The summed E-state index contributed by atoms with van der Waals surface area (Å²) in [6, 6.07) is 0.0341. The molecule has 1 aliphatic heterocycles. The number of amides is 1. The van der Waals surface area contributed by atoms with Crippen LogP contribution in [0.1, 0.15) is 33.6 Å². The van der Waals surface area contributed by atoms with E-state index in [1.54, 1.807) is 0 Å². The Morgan fingerprint density at radius 3 is 2.40 bits per heavy atom. The molecule has 0 saturated carbocycles. The zero-order valence-electron chi connectivity index (χ0n) is 9.55. The Kier molecular flexibility index (Phi) is 3.90. The SMILES string of the molecule is CC(C)(C)OC(=O)NC1CCN(F)CC1. The third-order valence-corrected chi connectivity index (χ3v) is 2.16. The summed E-state index contributed by atoms with van der Waals surface area (Å²) in [5.41, 5.74) is -0.481. The molecule has 0 aromatic rings. The number of alkyl carbamates (subject to hydrolysis) is 1. The van der Waals surface area contributed by atoms with Gasteiger partial charge in [0.1, 0.15) is 5.60 Å². The lowest BCUT2D eigenvalue weighted by atomic mass is 10.1. The zero-order chi connectivity index (χ0) is 11.5. The topological polar surface area (TPSA) is 41.6 Å². The van der Waals surface area contributed by atoms with E-state index in [2.05, 4.69) is 5.32 Å². The molecule has 0 aromatic carbocycles. The molecule has 1 amide bonds. The summed E-state index contributed by atoms with van der Waals surface area (Å²) in [6.45, 7) is 6.20. The maximum atomic E-state index is 12.7. The van der Waals surface area contributed by atoms with Crippen LogP contribution in [0, 0.1) is 0 Å². The molecule has 4 nitrogen and oxygen atoms in total. The highest BCUT2D eigenvalue weighted by molar-refractivity contribution is 5.68. The van der Waals surface area contributed by atoms with Crippen molar-refractivity contribution in [2.45, 2.75) is 45.3 Å². The van der Waals surface area contributed by atoms with Gasteiger partial charge in [0.05, 0.1) is 0 Å². The highest BCUT2D eigenvalue weighted by atomic mass is 19.2. The van der Waals surface area contributed by atoms with Crippen molar-refractivity contribution >= 4 is 6.09 Å². The molecule has 0 bridgehead atoms. The molecular formula is C10H19FN2O2. The summed E-state index contributed by atoms with van der Waals surface area (Å²) in [5.74, 6) is 0. The van der Waals surface area contributed by atoms with E-state index in [1.165, 1.54) is 0 Å². The number of halogens is 1. The molecule has 0 radical (unpaired) electrons. The van der Waals surface area contributed by atoms with Crippen LogP contribution in [0.3, 0.4) is 0 Å². The molecule has 0 aromatic heterocycles. The van der Waals surface area contributed by atoms with E-state index in [4.69, 9.17) is 4.74 Å². The lowest BCUT2D eigenvalue weighted by Crippen LogP contribution is -2.44. The average Bonchev–Trinajstić information content (AvgIpc) is 2.05. The van der Waals surface area contributed by atoms with E-state index >= 15 is 0 Å². The molecule has 5 heteroatoms. The summed E-state index contributed by atoms with van der Waals surface area (Å²) in [6.07, 6.45) is 0.852. The third kappa shape index (κ3) is 4.97. The first-order valence-electron chi connectivity index (χ1n) is 5.27. The number of nitrogens with one attached hydrogen (secondary N) is 1. The Hall–Kier alpha value is -0.840. The van der Waals surface area contributed by atoms with Gasteiger partial charge in [-0.3, -0.25) is 0 Å². The van der Waals surface area contributed by atoms with Crippen molar-refractivity contribution in [3.05, 3.63) is 0 Å². The van der Waals surface area contributed by atoms with E-state index < -0.39 is 11.7 Å². The van der Waals surface area contributed by atoms with Gasteiger partial charge in [0.25, 0.3) is 0 Å². The molecule has 1 N–H and O–H groups in total. The first kappa shape index (κ1) is 12.2. The van der Waals surface area contributed by atoms with E-state index in [-0.39, 0.29) is 6.04 Å². The summed E-state index contributed by atoms with van der Waals surface area (Å²) < 4.78 is 17.8. The Morgan fingerprint density at radius 2 is 1.93 bits per heavy atom. The first-order chi connectivity index (χ1) is 6.87. The van der Waals surface area contributed by atoms with Gasteiger partial charge >= 0.3 is 6.09 Å². The minimum absolute atomic E-state index is 0.0341. The first-order valence-corrected chi connectivity index (χ1v) is 5.27. The van der Waals surface area contributed by atoms with Gasteiger partial charge in [-0.2, -0.15) is 0 Å². The van der Waals surface area contributed by atoms with Crippen LogP contribution in [-0.4, -0.2) is 35.9 Å². The van der Waals surface area contributed by atoms with Crippen molar-refractivity contribution in [1.29, 1.82) is 0 Å². The number of nitrogens with zero attached hydrogens (tertiary/aromatic N) is 1. The van der Waals surface area contributed by atoms with Gasteiger partial charge in [0, 0.05) is 19.1 Å². The smallest absolute Gasteiger partial charge is 0.407 e. The molecule has 1 aliphatic rings. The van der Waals surface area contributed by atoms with Crippen LogP contribution in [0.25, 0.3) is 0 Å². The quantitative estimate of drug-likeness (QED) is 0.683. The van der Waals surface area contributed by atoms with Crippen LogP contribution in [0.2, 0.25) is 0 Å². The summed E-state index contributed by atoms with van der Waals surface area (Å²) >= 11 is 0. The number of carbonyl (C=O) groups excluding carboxylic acids is 1. The molecule has 0 unspecified atom stereocenters. The van der Waals surface area contributed by atoms with Crippen LogP contribution in [0.5, 0.6) is 0 Å². The molecule has 1 fully saturated rings. The van der Waals surface area contributed by atoms with Gasteiger partial charge in [-0.25, -0.2) is 4.79 Å². The second kappa shape index (κ2) is 4.79. The summed E-state index contributed by atoms with van der Waals surface area (Å²) in [5, 5.41) is 3.51. The maximum absolute atomic E-state index is 12.7. The minimum atomic E-state index is -0.481. The predicted molar refractivity (Wildman–Crippen MR) is 55.1 cm³/mol. The number of ether oxygens (including phenoxy) is 1. The Labute approximate surface area is 89.7 Å². The van der Waals surface area contributed by atoms with Gasteiger partial charge < -0.3 is 10.1 Å². The van der Waals surface area contributed by atoms with E-state index in [0.29, 0.717) is 25.9 Å². The second-order valence-electron chi connectivity index (χ2n) is 4.83. The van der Waals surface area contributed by atoms with Gasteiger partial charge in [-0.1, -0.05) is 0 Å². The van der Waals surface area contributed by atoms with E-state index in [1.807, 2.05) is 20.8 Å². The zero-order valence-corrected chi connectivity index (χ0v) is 9.55. The normalized spacial score (nSPS) is 20.0. The molecule has 1 heterocycles. The number of piperidine rings is 1. The standard InChI is InChI=1S/C10H19FN2O2/c1-10(2,3)15-9(14)12-8-4-6-13(11)7-5-8/h8H,4-7H2,1-3H3,(H,12,14). The molecule has 88 valence electrons. The predicted octanol–water partition coefficient (Wildman–Crippen LogP) is 1.86. The number of hydrogen-bond donors (Lipinski definition) is 1. The van der Waals surface area contributed by atoms with Crippen LogP contribution in [0.4, 0.5) is 9.28 Å². The molecule has 0 atom stereocenters. The number of rotatable bonds is 1. The van der Waals surface area contributed by atoms with Crippen molar-refractivity contribution in [2.75, 3.05) is 13.1 Å². The fraction of sp³-hybridized carbons (Fsp3) is 0.900. The van der Waals surface area contributed by atoms with Crippen molar-refractivity contribution < 1.29 is 14.0 Å². The molecule has 1 rings (SSSR count). The third-order valence-electron chi connectivity index (χ3n) is 2.16. The highest BCUT2D eigenvalue weighted by Gasteiger charge is 2.23. The van der Waals surface area contributed by atoms with Crippen LogP contribution >= 0.6 is 0 Å². The van der Waals surface area contributed by atoms with Crippen LogP contribution < -0.4 is 5.32 Å². The Morgan fingerprint density at radius 1 is 1.40 bits per heavy atom. The summed E-state index contributed by atoms with van der Waals surface area (Å²) in [4.78, 5) is 11.4. The van der Waals surface area contributed by atoms with Gasteiger partial charge in [0.2, 0.25) is 0 Å². The molecule has 0 aliphatic carbocycles. The number of hydrogen-bond acceptors (Lipinski definition) is 3. The van der Waals surface area contributed by atoms with Gasteiger partial charge in [0.15, 0.2) is 0 Å². The Balaban J connectivity index is 2.27. The van der Waals surface area contributed by atoms with Crippen molar-refractivity contribution in [2.24, 2.45) is 0 Å². The molecule has 15 heavy (non-hydrogen) atoms. The van der Waals surface area contributed by atoms with E-state index in [9.17, 15) is 9.28 Å². The monoisotopic (exact) mass is 218 g/mol. The lowest BCUT2D eigenvalue weighted by Gasteiger charge is -2.28. The lowest BCUT2D eigenvalue weighted by molar-refractivity contribution is -0.00511. The van der Waals surface area contributed by atoms with Crippen molar-refractivity contribution in [3.8, 4) is 0 Å². The largest absolute Gasteiger partial charge is 0.444 e. The van der Waals surface area contributed by atoms with Crippen molar-refractivity contribution in [1.82, 2.24) is 10.4 Å². The fourth-order valence-corrected chi connectivity index (χ4v) is 1.47. The maximum Gasteiger partial charge on any atom is 0.407 e. The van der Waals surface area contributed by atoms with Gasteiger partial charge in [-0.05, 0) is 33.6 Å².